The zero-order chi connectivity index (χ0) is 19.7. The Morgan fingerprint density at radius 1 is 1.18 bits per heavy atom. The Labute approximate surface area is 165 Å². The van der Waals surface area contributed by atoms with Crippen molar-refractivity contribution < 1.29 is 14.3 Å². The zero-order valence-corrected chi connectivity index (χ0v) is 16.5. The lowest BCUT2D eigenvalue weighted by Crippen LogP contribution is -2.39. The lowest BCUT2D eigenvalue weighted by atomic mass is 9.98. The fraction of sp³-hybridized carbons (Fsp3) is 0.391. The number of likely N-dealkylation sites (N-methyl/N-ethyl adjacent to an activating group) is 1. The van der Waals surface area contributed by atoms with Gasteiger partial charge in [0.15, 0.2) is 5.60 Å². The number of allylic oxidation sites excluding steroid dienone is 1. The maximum Gasteiger partial charge on any atom is 0.410 e. The van der Waals surface area contributed by atoms with E-state index in [2.05, 4.69) is 25.1 Å². The highest BCUT2D eigenvalue weighted by Crippen LogP contribution is 2.33. The van der Waals surface area contributed by atoms with Crippen LogP contribution in [0.15, 0.2) is 42.5 Å². The molecule has 4 rings (SSSR count). The molecule has 2 aromatic carbocycles. The molecule has 2 aliphatic rings. The molecule has 146 valence electrons. The normalized spacial score (nSPS) is 22.0. The molecule has 28 heavy (non-hydrogen) atoms. The van der Waals surface area contributed by atoms with Gasteiger partial charge in [0.25, 0.3) is 5.91 Å². The van der Waals surface area contributed by atoms with Crippen molar-refractivity contribution in [2.45, 2.75) is 31.8 Å². The van der Waals surface area contributed by atoms with Gasteiger partial charge in [0.05, 0.1) is 13.1 Å². The number of benzene rings is 2. The van der Waals surface area contributed by atoms with Crippen LogP contribution >= 0.6 is 0 Å². The summed E-state index contributed by atoms with van der Waals surface area (Å²) in [5.74, 6) is 0.00256. The summed E-state index contributed by atoms with van der Waals surface area (Å²) >= 11 is 0. The van der Waals surface area contributed by atoms with Gasteiger partial charge in [-0.2, -0.15) is 0 Å². The molecule has 0 saturated carbocycles. The van der Waals surface area contributed by atoms with Gasteiger partial charge in [-0.3, -0.25) is 4.79 Å². The van der Waals surface area contributed by atoms with Gasteiger partial charge in [0.2, 0.25) is 0 Å². The third-order valence-corrected chi connectivity index (χ3v) is 5.69. The summed E-state index contributed by atoms with van der Waals surface area (Å²) in [5.41, 5.74) is 1.28. The summed E-state index contributed by atoms with van der Waals surface area (Å²) in [6, 6.07) is 12.0. The highest BCUT2D eigenvalue weighted by atomic mass is 16.6. The highest BCUT2D eigenvalue weighted by Gasteiger charge is 2.49. The summed E-state index contributed by atoms with van der Waals surface area (Å²) in [4.78, 5) is 28.5. The Bertz CT molecular complexity index is 952. The number of amides is 2. The standard InChI is InChI=1S/C23H26N2O3/c1-3-4-5-8-17-11-12-20(19-10-7-6-9-18(17)19)21(26)25-14-13-23(16-25)15-24(2)22(27)28-23/h5-12H,3-4,13-16H2,1-2H3/b8-5+. The second kappa shape index (κ2) is 7.30. The maximum atomic E-state index is 13.3. The maximum absolute atomic E-state index is 13.3. The second-order valence-electron chi connectivity index (χ2n) is 7.82. The summed E-state index contributed by atoms with van der Waals surface area (Å²) < 4.78 is 5.58. The van der Waals surface area contributed by atoms with E-state index in [1.165, 1.54) is 0 Å². The molecule has 2 saturated heterocycles. The van der Waals surface area contributed by atoms with Crippen molar-refractivity contribution in [3.63, 3.8) is 0 Å². The van der Waals surface area contributed by atoms with Crippen LogP contribution in [0.4, 0.5) is 4.79 Å². The number of ether oxygens (including phenoxy) is 1. The lowest BCUT2D eigenvalue weighted by Gasteiger charge is -2.22. The van der Waals surface area contributed by atoms with E-state index >= 15 is 0 Å². The summed E-state index contributed by atoms with van der Waals surface area (Å²) in [7, 11) is 1.74. The minimum absolute atomic E-state index is 0.00256. The first kappa shape index (κ1) is 18.5. The third kappa shape index (κ3) is 3.26. The first-order valence-electron chi connectivity index (χ1n) is 9.95. The van der Waals surface area contributed by atoms with Crippen molar-refractivity contribution in [3.05, 3.63) is 53.6 Å². The third-order valence-electron chi connectivity index (χ3n) is 5.69. The topological polar surface area (TPSA) is 49.9 Å². The van der Waals surface area contributed by atoms with Crippen molar-refractivity contribution in [2.24, 2.45) is 0 Å². The van der Waals surface area contributed by atoms with Gasteiger partial charge in [-0.15, -0.1) is 0 Å². The van der Waals surface area contributed by atoms with Crippen LogP contribution in [0.1, 0.15) is 42.1 Å². The predicted octanol–water partition coefficient (Wildman–Crippen LogP) is 4.32. The summed E-state index contributed by atoms with van der Waals surface area (Å²) in [6.45, 7) is 3.75. The average Bonchev–Trinajstić information content (AvgIpc) is 3.23. The molecule has 2 fully saturated rings. The van der Waals surface area contributed by atoms with Crippen LogP contribution in [-0.4, -0.2) is 54.1 Å². The van der Waals surface area contributed by atoms with E-state index in [0.717, 1.165) is 29.2 Å². The van der Waals surface area contributed by atoms with Crippen LogP contribution in [0.25, 0.3) is 16.8 Å². The molecule has 0 aromatic heterocycles. The number of hydrogen-bond acceptors (Lipinski definition) is 3. The SMILES string of the molecule is CCC/C=C/c1ccc(C(=O)N2CCC3(CN(C)C(=O)O3)C2)c2ccccc12. The summed E-state index contributed by atoms with van der Waals surface area (Å²) in [5, 5.41) is 2.05. The molecule has 2 aromatic rings. The smallest absolute Gasteiger partial charge is 0.410 e. The number of unbranched alkanes of at least 4 members (excludes halogenated alkanes) is 1. The Balaban J connectivity index is 1.62. The molecule has 5 nitrogen and oxygen atoms in total. The number of likely N-dealkylation sites (tertiary alicyclic amines) is 1. The minimum atomic E-state index is -0.555. The van der Waals surface area contributed by atoms with Crippen molar-refractivity contribution >= 4 is 28.8 Å². The van der Waals surface area contributed by atoms with E-state index < -0.39 is 5.60 Å². The Kier molecular flexibility index (Phi) is 4.84. The van der Waals surface area contributed by atoms with E-state index in [0.29, 0.717) is 31.6 Å². The van der Waals surface area contributed by atoms with E-state index in [1.807, 2.05) is 35.2 Å². The minimum Gasteiger partial charge on any atom is -0.439 e. The fourth-order valence-corrected chi connectivity index (χ4v) is 4.22. The summed E-state index contributed by atoms with van der Waals surface area (Å²) in [6.07, 6.45) is 6.85. The number of fused-ring (bicyclic) bond motifs is 1. The number of hydrogen-bond donors (Lipinski definition) is 0. The number of nitrogens with zero attached hydrogens (tertiary/aromatic N) is 2. The van der Waals surface area contributed by atoms with Crippen LogP contribution < -0.4 is 0 Å². The monoisotopic (exact) mass is 378 g/mol. The van der Waals surface area contributed by atoms with E-state index in [-0.39, 0.29) is 12.0 Å². The molecule has 2 heterocycles. The van der Waals surface area contributed by atoms with E-state index in [9.17, 15) is 9.59 Å². The molecule has 1 spiro atoms. The lowest BCUT2D eigenvalue weighted by molar-refractivity contribution is 0.0554. The van der Waals surface area contributed by atoms with Gasteiger partial charge >= 0.3 is 6.09 Å². The largest absolute Gasteiger partial charge is 0.439 e. The van der Waals surface area contributed by atoms with Gasteiger partial charge in [-0.05, 0) is 28.8 Å². The quantitative estimate of drug-likeness (QED) is 0.796. The highest BCUT2D eigenvalue weighted by molar-refractivity contribution is 6.09. The van der Waals surface area contributed by atoms with Crippen molar-refractivity contribution in [2.75, 3.05) is 26.7 Å². The second-order valence-corrected chi connectivity index (χ2v) is 7.82. The average molecular weight is 378 g/mol. The molecule has 2 aliphatic heterocycles. The van der Waals surface area contributed by atoms with Crippen molar-refractivity contribution in [3.8, 4) is 0 Å². The Morgan fingerprint density at radius 2 is 1.96 bits per heavy atom. The van der Waals surface area contributed by atoms with Gasteiger partial charge in [0, 0.05) is 25.6 Å². The predicted molar refractivity (Wildman–Crippen MR) is 110 cm³/mol. The Hall–Kier alpha value is -2.82. The molecule has 0 aliphatic carbocycles. The van der Waals surface area contributed by atoms with Crippen LogP contribution in [0.2, 0.25) is 0 Å². The molecule has 0 radical (unpaired) electrons. The fourth-order valence-electron chi connectivity index (χ4n) is 4.22. The molecule has 1 atom stereocenters. The van der Waals surface area contributed by atoms with Gasteiger partial charge in [-0.25, -0.2) is 4.79 Å². The number of rotatable bonds is 4. The van der Waals surface area contributed by atoms with Crippen molar-refractivity contribution in [1.29, 1.82) is 0 Å². The van der Waals surface area contributed by atoms with Crippen LogP contribution in [0.3, 0.4) is 0 Å². The number of carbonyl (C=O) groups excluding carboxylic acids is 2. The molecule has 0 N–H and O–H groups in total. The molecular weight excluding hydrogens is 352 g/mol. The number of carbonyl (C=O) groups is 2. The molecule has 0 bridgehead atoms. The Morgan fingerprint density at radius 3 is 2.68 bits per heavy atom. The molecule has 5 heteroatoms. The van der Waals surface area contributed by atoms with E-state index in [1.54, 1.807) is 11.9 Å². The zero-order valence-electron chi connectivity index (χ0n) is 16.5. The van der Waals surface area contributed by atoms with Crippen LogP contribution in [0, 0.1) is 0 Å². The van der Waals surface area contributed by atoms with Gasteiger partial charge in [0.1, 0.15) is 0 Å². The molecular formula is C23H26N2O3. The van der Waals surface area contributed by atoms with Crippen molar-refractivity contribution in [1.82, 2.24) is 9.80 Å². The van der Waals surface area contributed by atoms with E-state index in [4.69, 9.17) is 4.74 Å². The van der Waals surface area contributed by atoms with Crippen LogP contribution in [-0.2, 0) is 4.74 Å². The van der Waals surface area contributed by atoms with Crippen LogP contribution in [0.5, 0.6) is 0 Å². The van der Waals surface area contributed by atoms with Gasteiger partial charge in [-0.1, -0.05) is 55.8 Å². The van der Waals surface area contributed by atoms with Gasteiger partial charge < -0.3 is 14.5 Å². The molecule has 1 unspecified atom stereocenters. The first-order valence-corrected chi connectivity index (χ1v) is 9.95. The first-order chi connectivity index (χ1) is 13.5. The molecule has 2 amide bonds.